The second kappa shape index (κ2) is 9.69. The summed E-state index contributed by atoms with van der Waals surface area (Å²) < 4.78 is 0. The summed E-state index contributed by atoms with van der Waals surface area (Å²) in [5, 5.41) is 0.412. The van der Waals surface area contributed by atoms with Gasteiger partial charge in [0.25, 0.3) is 0 Å². The zero-order chi connectivity index (χ0) is 19.1. The van der Waals surface area contributed by atoms with E-state index in [0.717, 1.165) is 6.54 Å². The highest BCUT2D eigenvalue weighted by Crippen LogP contribution is 2.18. The number of ketones is 1. The Morgan fingerprint density at radius 2 is 1.46 bits per heavy atom. The van der Waals surface area contributed by atoms with Crippen LogP contribution < -0.4 is 0 Å². The van der Waals surface area contributed by atoms with Gasteiger partial charge in [-0.05, 0) is 26.2 Å². The number of Topliss-reactive ketones (excluding diaryl/α,β-unsaturated/α-hetero) is 1. The van der Waals surface area contributed by atoms with Crippen LogP contribution in [0.5, 0.6) is 0 Å². The molecule has 1 heterocycles. The van der Waals surface area contributed by atoms with E-state index in [1.54, 1.807) is 29.2 Å². The van der Waals surface area contributed by atoms with Gasteiger partial charge in [0.15, 0.2) is 5.78 Å². The van der Waals surface area contributed by atoms with Crippen molar-refractivity contribution >= 4 is 29.2 Å². The third-order valence-electron chi connectivity index (χ3n) is 4.50. The lowest BCUT2D eigenvalue weighted by Gasteiger charge is -2.35. The lowest BCUT2D eigenvalue weighted by molar-refractivity contribution is -0.139. The summed E-state index contributed by atoms with van der Waals surface area (Å²) in [5.41, 5.74) is 0.457. The molecule has 0 aromatic heterocycles. The van der Waals surface area contributed by atoms with Gasteiger partial charge in [0.05, 0.1) is 5.02 Å². The van der Waals surface area contributed by atoms with E-state index in [-0.39, 0.29) is 30.4 Å². The molecule has 0 bridgehead atoms. The van der Waals surface area contributed by atoms with Gasteiger partial charge in [-0.1, -0.05) is 23.7 Å². The van der Waals surface area contributed by atoms with Gasteiger partial charge in [-0.3, -0.25) is 14.4 Å². The third kappa shape index (κ3) is 5.81. The molecule has 1 aromatic rings. The molecule has 0 saturated carbocycles. The number of rotatable bonds is 7. The molecule has 0 radical (unpaired) electrons. The minimum Gasteiger partial charge on any atom is -0.339 e. The molecule has 1 aliphatic rings. The lowest BCUT2D eigenvalue weighted by atomic mass is 10.1. The SMILES string of the molecule is CN(C)CCC(=O)N1CCN(C(=O)CCC(=O)c2ccccc2Cl)CC1. The van der Waals surface area contributed by atoms with E-state index < -0.39 is 0 Å². The van der Waals surface area contributed by atoms with E-state index in [0.29, 0.717) is 43.2 Å². The standard InChI is InChI=1S/C19H26ClN3O3/c1-21(2)10-9-19(26)23-13-11-22(12-14-23)18(25)8-7-17(24)15-5-3-4-6-16(15)20/h3-6H,7-14H2,1-2H3. The monoisotopic (exact) mass is 379 g/mol. The quantitative estimate of drug-likeness (QED) is 0.679. The average molecular weight is 380 g/mol. The Morgan fingerprint density at radius 3 is 2.00 bits per heavy atom. The first kappa shape index (κ1) is 20.4. The lowest BCUT2D eigenvalue weighted by Crippen LogP contribution is -2.50. The number of hydrogen-bond donors (Lipinski definition) is 0. The highest BCUT2D eigenvalue weighted by Gasteiger charge is 2.24. The van der Waals surface area contributed by atoms with Crippen LogP contribution >= 0.6 is 11.6 Å². The van der Waals surface area contributed by atoms with E-state index in [9.17, 15) is 14.4 Å². The van der Waals surface area contributed by atoms with Crippen molar-refractivity contribution in [3.63, 3.8) is 0 Å². The number of piperazine rings is 1. The molecule has 1 aliphatic heterocycles. The first-order chi connectivity index (χ1) is 12.4. The number of hydrogen-bond acceptors (Lipinski definition) is 4. The van der Waals surface area contributed by atoms with Gasteiger partial charge in [0, 0.05) is 57.5 Å². The van der Waals surface area contributed by atoms with Crippen molar-refractivity contribution in [2.24, 2.45) is 0 Å². The summed E-state index contributed by atoms with van der Waals surface area (Å²) in [7, 11) is 3.88. The number of carbonyl (C=O) groups is 3. The summed E-state index contributed by atoms with van der Waals surface area (Å²) in [6.07, 6.45) is 0.802. The molecule has 7 heteroatoms. The van der Waals surface area contributed by atoms with Gasteiger partial charge in [0.1, 0.15) is 0 Å². The molecule has 0 aliphatic carbocycles. The Bertz CT molecular complexity index is 655. The molecule has 0 N–H and O–H groups in total. The van der Waals surface area contributed by atoms with Gasteiger partial charge in [-0.25, -0.2) is 0 Å². The summed E-state index contributed by atoms with van der Waals surface area (Å²) >= 11 is 6.02. The maximum absolute atomic E-state index is 12.3. The van der Waals surface area contributed by atoms with Crippen molar-refractivity contribution in [1.29, 1.82) is 0 Å². The number of amides is 2. The Hall–Kier alpha value is -1.92. The van der Waals surface area contributed by atoms with E-state index in [4.69, 9.17) is 11.6 Å². The van der Waals surface area contributed by atoms with Crippen molar-refractivity contribution in [3.05, 3.63) is 34.9 Å². The minimum atomic E-state index is -0.124. The summed E-state index contributed by atoms with van der Waals surface area (Å²) in [4.78, 5) is 42.2. The van der Waals surface area contributed by atoms with Crippen molar-refractivity contribution < 1.29 is 14.4 Å². The molecule has 0 atom stereocenters. The predicted octanol–water partition coefficient (Wildman–Crippen LogP) is 1.93. The molecule has 1 fully saturated rings. The Balaban J connectivity index is 1.75. The van der Waals surface area contributed by atoms with Crippen LogP contribution in [0.3, 0.4) is 0 Å². The fourth-order valence-electron chi connectivity index (χ4n) is 2.88. The molecule has 26 heavy (non-hydrogen) atoms. The Kier molecular flexibility index (Phi) is 7.60. The molecule has 6 nitrogen and oxygen atoms in total. The number of carbonyl (C=O) groups excluding carboxylic acids is 3. The second-order valence-electron chi connectivity index (χ2n) is 6.72. The van der Waals surface area contributed by atoms with Gasteiger partial charge in [0.2, 0.25) is 11.8 Å². The molecule has 1 aromatic carbocycles. The molecular weight excluding hydrogens is 354 g/mol. The maximum Gasteiger partial charge on any atom is 0.223 e. The fraction of sp³-hybridized carbons (Fsp3) is 0.526. The third-order valence-corrected chi connectivity index (χ3v) is 4.83. The van der Waals surface area contributed by atoms with Crippen molar-refractivity contribution in [2.75, 3.05) is 46.8 Å². The van der Waals surface area contributed by atoms with Gasteiger partial charge >= 0.3 is 0 Å². The van der Waals surface area contributed by atoms with Crippen LogP contribution in [0, 0.1) is 0 Å². The zero-order valence-electron chi connectivity index (χ0n) is 15.4. The van der Waals surface area contributed by atoms with Crippen molar-refractivity contribution in [2.45, 2.75) is 19.3 Å². The minimum absolute atomic E-state index is 0.0502. The molecule has 1 saturated heterocycles. The average Bonchev–Trinajstić information content (AvgIpc) is 2.64. The van der Waals surface area contributed by atoms with Gasteiger partial charge < -0.3 is 14.7 Å². The summed E-state index contributed by atoms with van der Waals surface area (Å²) in [5.74, 6) is -0.0491. The van der Waals surface area contributed by atoms with Crippen LogP contribution in [0.2, 0.25) is 5.02 Å². The summed E-state index contributed by atoms with van der Waals surface area (Å²) in [6.45, 7) is 2.87. The smallest absolute Gasteiger partial charge is 0.223 e. The molecule has 0 unspecified atom stereocenters. The largest absolute Gasteiger partial charge is 0.339 e. The van der Waals surface area contributed by atoms with Gasteiger partial charge in [-0.2, -0.15) is 0 Å². The van der Waals surface area contributed by atoms with E-state index in [2.05, 4.69) is 0 Å². The number of halogens is 1. The predicted molar refractivity (Wildman–Crippen MR) is 101 cm³/mol. The normalized spacial score (nSPS) is 14.6. The van der Waals surface area contributed by atoms with E-state index >= 15 is 0 Å². The molecule has 2 amide bonds. The molecule has 2 rings (SSSR count). The zero-order valence-corrected chi connectivity index (χ0v) is 16.2. The van der Waals surface area contributed by atoms with Crippen LogP contribution in [0.4, 0.5) is 0 Å². The highest BCUT2D eigenvalue weighted by molar-refractivity contribution is 6.34. The van der Waals surface area contributed by atoms with Crippen LogP contribution in [0.25, 0.3) is 0 Å². The summed E-state index contributed by atoms with van der Waals surface area (Å²) in [6, 6.07) is 6.87. The van der Waals surface area contributed by atoms with E-state index in [1.165, 1.54) is 0 Å². The van der Waals surface area contributed by atoms with Crippen molar-refractivity contribution in [1.82, 2.24) is 14.7 Å². The Morgan fingerprint density at radius 1 is 0.923 bits per heavy atom. The fourth-order valence-corrected chi connectivity index (χ4v) is 3.12. The van der Waals surface area contributed by atoms with E-state index in [1.807, 2.05) is 23.9 Å². The Labute approximate surface area is 159 Å². The maximum atomic E-state index is 12.3. The van der Waals surface area contributed by atoms with Crippen LogP contribution in [-0.2, 0) is 9.59 Å². The molecular formula is C19H26ClN3O3. The van der Waals surface area contributed by atoms with Crippen LogP contribution in [0.1, 0.15) is 29.6 Å². The van der Waals surface area contributed by atoms with Crippen molar-refractivity contribution in [3.8, 4) is 0 Å². The number of nitrogens with zero attached hydrogens (tertiary/aromatic N) is 3. The topological polar surface area (TPSA) is 60.9 Å². The first-order valence-electron chi connectivity index (χ1n) is 8.86. The highest BCUT2D eigenvalue weighted by atomic mass is 35.5. The second-order valence-corrected chi connectivity index (χ2v) is 7.13. The van der Waals surface area contributed by atoms with Crippen LogP contribution in [0.15, 0.2) is 24.3 Å². The first-order valence-corrected chi connectivity index (χ1v) is 9.24. The molecule has 0 spiro atoms. The van der Waals surface area contributed by atoms with Crippen LogP contribution in [-0.4, -0.2) is 79.1 Å². The van der Waals surface area contributed by atoms with Gasteiger partial charge in [-0.15, -0.1) is 0 Å². The molecule has 142 valence electrons. The number of benzene rings is 1.